The molecule has 2 amide bonds. The molecule has 5 nitrogen and oxygen atoms in total. The van der Waals surface area contributed by atoms with Gasteiger partial charge in [0.05, 0.1) is 10.9 Å². The molecule has 1 unspecified atom stereocenters. The number of piperazine rings is 1. The molecular weight excluding hydrogens is 382 g/mol. The van der Waals surface area contributed by atoms with Crippen LogP contribution in [0, 0.1) is 11.8 Å². The average Bonchev–Trinajstić information content (AvgIpc) is 3.48. The first-order chi connectivity index (χ1) is 14.2. The minimum Gasteiger partial charge on any atom is -0.354 e. The lowest BCUT2D eigenvalue weighted by molar-refractivity contribution is -0.129. The minimum absolute atomic E-state index is 0.0138. The van der Waals surface area contributed by atoms with Gasteiger partial charge in [-0.25, -0.2) is 0 Å². The number of nitrogens with one attached hydrogen (secondary N) is 1. The van der Waals surface area contributed by atoms with Crippen molar-refractivity contribution in [2.75, 3.05) is 32.7 Å². The van der Waals surface area contributed by atoms with Gasteiger partial charge in [0.15, 0.2) is 0 Å². The summed E-state index contributed by atoms with van der Waals surface area (Å²) in [5.41, 5.74) is 0. The van der Waals surface area contributed by atoms with E-state index in [9.17, 15) is 9.59 Å². The van der Waals surface area contributed by atoms with Crippen molar-refractivity contribution in [3.63, 3.8) is 0 Å². The Morgan fingerprint density at radius 3 is 2.34 bits per heavy atom. The molecule has 4 rings (SSSR count). The van der Waals surface area contributed by atoms with Crippen LogP contribution in [0.5, 0.6) is 0 Å². The number of rotatable bonds is 6. The van der Waals surface area contributed by atoms with Crippen LogP contribution in [0.3, 0.4) is 0 Å². The molecule has 160 valence electrons. The molecule has 2 saturated carbocycles. The third kappa shape index (κ3) is 5.21. The molecule has 1 aromatic rings. The topological polar surface area (TPSA) is 52.7 Å². The zero-order valence-corrected chi connectivity index (χ0v) is 18.3. The third-order valence-electron chi connectivity index (χ3n) is 7.13. The predicted molar refractivity (Wildman–Crippen MR) is 117 cm³/mol. The van der Waals surface area contributed by atoms with Crippen LogP contribution >= 0.6 is 11.3 Å². The van der Waals surface area contributed by atoms with Gasteiger partial charge in [-0.1, -0.05) is 38.2 Å². The van der Waals surface area contributed by atoms with Crippen LogP contribution in [0.15, 0.2) is 17.5 Å². The number of hydrogen-bond donors (Lipinski definition) is 1. The van der Waals surface area contributed by atoms with Gasteiger partial charge in [-0.15, -0.1) is 11.3 Å². The molecule has 3 fully saturated rings. The van der Waals surface area contributed by atoms with Crippen LogP contribution in [-0.4, -0.2) is 60.4 Å². The van der Waals surface area contributed by atoms with Crippen LogP contribution in [0.1, 0.15) is 67.5 Å². The van der Waals surface area contributed by atoms with E-state index >= 15 is 0 Å². The van der Waals surface area contributed by atoms with Crippen molar-refractivity contribution in [1.29, 1.82) is 0 Å². The lowest BCUT2D eigenvalue weighted by Gasteiger charge is -2.41. The summed E-state index contributed by atoms with van der Waals surface area (Å²) in [5, 5.41) is 5.28. The first kappa shape index (κ1) is 20.9. The van der Waals surface area contributed by atoms with Gasteiger partial charge >= 0.3 is 0 Å². The molecule has 2 aliphatic carbocycles. The Hall–Kier alpha value is -1.40. The summed E-state index contributed by atoms with van der Waals surface area (Å²) in [5.74, 6) is 1.51. The molecule has 0 aromatic carbocycles. The van der Waals surface area contributed by atoms with E-state index in [0.717, 1.165) is 50.4 Å². The molecule has 1 saturated heterocycles. The monoisotopic (exact) mass is 417 g/mol. The SMILES string of the molecule is O=C(NCC1CCCCC1)C(C1CCCC1)N1CCN(C(=O)c2cccs2)CC1. The number of nitrogens with zero attached hydrogens (tertiary/aromatic N) is 2. The quantitative estimate of drug-likeness (QED) is 0.767. The smallest absolute Gasteiger partial charge is 0.264 e. The van der Waals surface area contributed by atoms with Crippen LogP contribution in [0.2, 0.25) is 0 Å². The summed E-state index contributed by atoms with van der Waals surface area (Å²) < 4.78 is 0. The summed E-state index contributed by atoms with van der Waals surface area (Å²) in [6.07, 6.45) is 11.3. The van der Waals surface area contributed by atoms with Gasteiger partial charge in [0, 0.05) is 32.7 Å². The van der Waals surface area contributed by atoms with E-state index in [2.05, 4.69) is 10.2 Å². The van der Waals surface area contributed by atoms with Crippen molar-refractivity contribution in [1.82, 2.24) is 15.1 Å². The van der Waals surface area contributed by atoms with Gasteiger partial charge in [0.25, 0.3) is 5.91 Å². The summed E-state index contributed by atoms with van der Waals surface area (Å²) in [7, 11) is 0. The third-order valence-corrected chi connectivity index (χ3v) is 7.99. The van der Waals surface area contributed by atoms with E-state index in [1.165, 1.54) is 56.3 Å². The van der Waals surface area contributed by atoms with Crippen molar-refractivity contribution in [3.8, 4) is 0 Å². The maximum Gasteiger partial charge on any atom is 0.264 e. The first-order valence-corrected chi connectivity index (χ1v) is 12.4. The summed E-state index contributed by atoms with van der Waals surface area (Å²) in [6, 6.07) is 3.82. The molecule has 1 N–H and O–H groups in total. The zero-order chi connectivity index (χ0) is 20.1. The predicted octanol–water partition coefficient (Wildman–Crippen LogP) is 3.76. The lowest BCUT2D eigenvalue weighted by Crippen LogP contribution is -2.58. The number of hydrogen-bond acceptors (Lipinski definition) is 4. The van der Waals surface area contributed by atoms with E-state index in [-0.39, 0.29) is 17.9 Å². The molecule has 0 spiro atoms. The Morgan fingerprint density at radius 1 is 1.00 bits per heavy atom. The zero-order valence-electron chi connectivity index (χ0n) is 17.5. The Morgan fingerprint density at radius 2 is 1.69 bits per heavy atom. The largest absolute Gasteiger partial charge is 0.354 e. The van der Waals surface area contributed by atoms with Gasteiger partial charge in [-0.2, -0.15) is 0 Å². The second kappa shape index (κ2) is 10.1. The fraction of sp³-hybridized carbons (Fsp3) is 0.739. The highest BCUT2D eigenvalue weighted by atomic mass is 32.1. The lowest BCUT2D eigenvalue weighted by atomic mass is 9.89. The number of carbonyl (C=O) groups excluding carboxylic acids is 2. The van der Waals surface area contributed by atoms with Gasteiger partial charge in [0.2, 0.25) is 5.91 Å². The molecule has 3 aliphatic rings. The summed E-state index contributed by atoms with van der Waals surface area (Å²) >= 11 is 1.51. The van der Waals surface area contributed by atoms with Gasteiger partial charge in [0.1, 0.15) is 0 Å². The van der Waals surface area contributed by atoms with Crippen LogP contribution < -0.4 is 5.32 Å². The van der Waals surface area contributed by atoms with Gasteiger partial charge in [-0.05, 0) is 49.0 Å². The van der Waals surface area contributed by atoms with Crippen molar-refractivity contribution >= 4 is 23.2 Å². The molecular formula is C23H35N3O2S. The molecule has 0 radical (unpaired) electrons. The molecule has 0 bridgehead atoms. The maximum atomic E-state index is 13.2. The fourth-order valence-electron chi connectivity index (χ4n) is 5.45. The van der Waals surface area contributed by atoms with E-state index in [1.54, 1.807) is 0 Å². The Labute approximate surface area is 178 Å². The second-order valence-electron chi connectivity index (χ2n) is 9.04. The molecule has 2 heterocycles. The molecule has 1 aromatic heterocycles. The van der Waals surface area contributed by atoms with E-state index in [0.29, 0.717) is 11.8 Å². The highest BCUT2D eigenvalue weighted by Gasteiger charge is 2.37. The van der Waals surface area contributed by atoms with Gasteiger partial charge < -0.3 is 10.2 Å². The Kier molecular flexibility index (Phi) is 7.24. The van der Waals surface area contributed by atoms with Crippen molar-refractivity contribution in [3.05, 3.63) is 22.4 Å². The molecule has 1 atom stereocenters. The molecule has 1 aliphatic heterocycles. The number of thiophene rings is 1. The fourth-order valence-corrected chi connectivity index (χ4v) is 6.14. The maximum absolute atomic E-state index is 13.2. The standard InChI is InChI=1S/C23H35N3O2S/c27-22(24-17-18-7-2-1-3-8-18)21(19-9-4-5-10-19)25-12-14-26(15-13-25)23(28)20-11-6-16-29-20/h6,11,16,18-19,21H,1-5,7-10,12-15,17H2,(H,24,27). The van der Waals surface area contributed by atoms with Crippen LogP contribution in [-0.2, 0) is 4.79 Å². The Balaban J connectivity index is 1.34. The normalized spacial score (nSPS) is 23.2. The second-order valence-corrected chi connectivity index (χ2v) is 9.99. The van der Waals surface area contributed by atoms with Crippen LogP contribution in [0.25, 0.3) is 0 Å². The first-order valence-electron chi connectivity index (χ1n) is 11.6. The van der Waals surface area contributed by atoms with Crippen molar-refractivity contribution < 1.29 is 9.59 Å². The summed E-state index contributed by atoms with van der Waals surface area (Å²) in [4.78, 5) is 31.0. The van der Waals surface area contributed by atoms with Gasteiger partial charge in [-0.3, -0.25) is 14.5 Å². The van der Waals surface area contributed by atoms with Crippen molar-refractivity contribution in [2.24, 2.45) is 11.8 Å². The highest BCUT2D eigenvalue weighted by Crippen LogP contribution is 2.31. The Bertz CT molecular complexity index is 658. The molecule has 29 heavy (non-hydrogen) atoms. The van der Waals surface area contributed by atoms with E-state index in [4.69, 9.17) is 0 Å². The highest BCUT2D eigenvalue weighted by molar-refractivity contribution is 7.12. The molecule has 6 heteroatoms. The minimum atomic E-state index is -0.0138. The van der Waals surface area contributed by atoms with Crippen molar-refractivity contribution in [2.45, 2.75) is 63.8 Å². The number of amides is 2. The summed E-state index contributed by atoms with van der Waals surface area (Å²) in [6.45, 7) is 3.88. The van der Waals surface area contributed by atoms with E-state index in [1.807, 2.05) is 22.4 Å². The number of carbonyl (C=O) groups is 2. The average molecular weight is 418 g/mol. The van der Waals surface area contributed by atoms with E-state index < -0.39 is 0 Å². The van der Waals surface area contributed by atoms with Crippen LogP contribution in [0.4, 0.5) is 0 Å².